The molecule has 0 unspecified atom stereocenters. The molecule has 1 aliphatic heterocycles. The maximum atomic E-state index is 13.1. The molecule has 1 N–H and O–H groups in total. The molecule has 0 spiro atoms. The smallest absolute Gasteiger partial charge is 0.220 e. The summed E-state index contributed by atoms with van der Waals surface area (Å²) in [6, 6.07) is 6.30. The molecule has 1 amide bonds. The molecule has 2 aliphatic carbocycles. The monoisotopic (exact) mass is 486 g/mol. The quantitative estimate of drug-likeness (QED) is 0.476. The van der Waals surface area contributed by atoms with E-state index in [1.165, 1.54) is 37.8 Å². The minimum absolute atomic E-state index is 0.0600. The Kier molecular flexibility index (Phi) is 9.73. The molecule has 0 bridgehead atoms. The Morgan fingerprint density at radius 1 is 0.971 bits per heavy atom. The van der Waals surface area contributed by atoms with Crippen LogP contribution in [0.3, 0.4) is 0 Å². The molecule has 6 heteroatoms. The van der Waals surface area contributed by atoms with Crippen molar-refractivity contribution in [2.75, 3.05) is 26.7 Å². The summed E-state index contributed by atoms with van der Waals surface area (Å²) < 4.78 is 18.6. The Morgan fingerprint density at radius 3 is 2.37 bits per heavy atom. The van der Waals surface area contributed by atoms with Crippen LogP contribution in [0.5, 0.6) is 0 Å². The molecule has 0 radical (unpaired) electrons. The number of methoxy groups -OCH3 is 1. The summed E-state index contributed by atoms with van der Waals surface area (Å²) in [6.07, 6.45) is 13.0. The normalized spacial score (nSPS) is 28.5. The number of nitrogens with one attached hydrogen (secondary N) is 1. The van der Waals surface area contributed by atoms with Crippen molar-refractivity contribution in [3.05, 3.63) is 35.6 Å². The van der Waals surface area contributed by atoms with Gasteiger partial charge < -0.3 is 15.0 Å². The molecule has 194 valence electrons. The predicted octanol–water partition coefficient (Wildman–Crippen LogP) is 5.38. The summed E-state index contributed by atoms with van der Waals surface area (Å²) in [5.74, 6) is 1.36. The number of carbonyl (C=O) groups excluding carboxylic acids is 2. The van der Waals surface area contributed by atoms with Gasteiger partial charge in [-0.2, -0.15) is 0 Å². The lowest BCUT2D eigenvalue weighted by Crippen LogP contribution is -2.40. The van der Waals surface area contributed by atoms with Crippen LogP contribution in [0.25, 0.3) is 0 Å². The summed E-state index contributed by atoms with van der Waals surface area (Å²) in [7, 11) is 1.78. The van der Waals surface area contributed by atoms with E-state index < -0.39 is 0 Å². The number of halogens is 1. The molecular weight excluding hydrogens is 443 g/mol. The zero-order chi connectivity index (χ0) is 24.6. The number of Topliss-reactive ketones (excluding diaryl/α,β-unsaturated/α-hetero) is 1. The summed E-state index contributed by atoms with van der Waals surface area (Å²) in [4.78, 5) is 27.8. The number of piperidine rings is 1. The van der Waals surface area contributed by atoms with E-state index in [1.807, 2.05) is 0 Å². The van der Waals surface area contributed by atoms with Crippen molar-refractivity contribution < 1.29 is 18.7 Å². The summed E-state index contributed by atoms with van der Waals surface area (Å²) in [5.41, 5.74) is 0.631. The van der Waals surface area contributed by atoms with E-state index in [-0.39, 0.29) is 23.4 Å². The van der Waals surface area contributed by atoms with Gasteiger partial charge in [-0.3, -0.25) is 9.59 Å². The number of benzene rings is 1. The number of likely N-dealkylation sites (tertiary alicyclic amines) is 1. The van der Waals surface area contributed by atoms with Gasteiger partial charge in [-0.1, -0.05) is 6.42 Å². The first kappa shape index (κ1) is 26.3. The van der Waals surface area contributed by atoms with Crippen molar-refractivity contribution >= 4 is 11.7 Å². The number of ether oxygens (including phenoxy) is 1. The second-order valence-electron chi connectivity index (χ2n) is 11.2. The van der Waals surface area contributed by atoms with Crippen LogP contribution in [-0.2, 0) is 9.53 Å². The first-order valence-electron chi connectivity index (χ1n) is 13.8. The fraction of sp³-hybridized carbons (Fsp3) is 0.724. The van der Waals surface area contributed by atoms with Crippen LogP contribution in [0, 0.1) is 23.6 Å². The molecule has 3 fully saturated rings. The molecule has 1 heterocycles. The standard InChI is InChI=1S/C29H43FN2O3/c1-35-27-4-2-3-22(19-27)20-28(33)31-26-11-5-21(6-12-26)13-16-32-17-14-24(15-18-32)29(34)23-7-9-25(30)10-8-23/h7-10,21-22,24,26-27H,2-6,11-20H2,1H3,(H,31,33)/t21-,22-,26-,27+/m0/s1. The number of carbonyl (C=O) groups is 2. The third-order valence-corrected chi connectivity index (χ3v) is 8.69. The van der Waals surface area contributed by atoms with E-state index >= 15 is 0 Å². The van der Waals surface area contributed by atoms with E-state index in [0.717, 1.165) is 70.5 Å². The molecule has 0 aromatic heterocycles. The van der Waals surface area contributed by atoms with E-state index in [2.05, 4.69) is 10.2 Å². The molecule has 1 aromatic rings. The van der Waals surface area contributed by atoms with Gasteiger partial charge in [0, 0.05) is 31.1 Å². The lowest BCUT2D eigenvalue weighted by Gasteiger charge is -2.34. The summed E-state index contributed by atoms with van der Waals surface area (Å²) in [6.45, 7) is 3.03. The first-order valence-corrected chi connectivity index (χ1v) is 13.8. The predicted molar refractivity (Wildman–Crippen MR) is 136 cm³/mol. The minimum atomic E-state index is -0.298. The highest BCUT2D eigenvalue weighted by molar-refractivity contribution is 5.97. The zero-order valence-electron chi connectivity index (χ0n) is 21.4. The fourth-order valence-electron chi connectivity index (χ4n) is 6.42. The van der Waals surface area contributed by atoms with Crippen LogP contribution in [-0.4, -0.2) is 55.5 Å². The van der Waals surface area contributed by atoms with Crippen LogP contribution in [0.15, 0.2) is 24.3 Å². The van der Waals surface area contributed by atoms with Gasteiger partial charge in [-0.15, -0.1) is 0 Å². The molecule has 2 saturated carbocycles. The van der Waals surface area contributed by atoms with Gasteiger partial charge in [-0.05, 0) is 120 Å². The molecule has 5 nitrogen and oxygen atoms in total. The van der Waals surface area contributed by atoms with Crippen molar-refractivity contribution in [3.8, 4) is 0 Å². The van der Waals surface area contributed by atoms with Gasteiger partial charge in [0.25, 0.3) is 0 Å². The third kappa shape index (κ3) is 7.85. The minimum Gasteiger partial charge on any atom is -0.381 e. The SMILES string of the molecule is CO[C@@H]1CCC[C@H](CC(=O)N[C@H]2CC[C@H](CCN3CCC(C(=O)c4ccc(F)cc4)CC3)CC2)C1. The third-order valence-electron chi connectivity index (χ3n) is 8.69. The van der Waals surface area contributed by atoms with Gasteiger partial charge in [0.2, 0.25) is 5.91 Å². The number of rotatable bonds is 9. The summed E-state index contributed by atoms with van der Waals surface area (Å²) in [5, 5.41) is 3.31. The van der Waals surface area contributed by atoms with Crippen LogP contribution < -0.4 is 5.32 Å². The maximum Gasteiger partial charge on any atom is 0.220 e. The van der Waals surface area contributed by atoms with E-state index in [1.54, 1.807) is 19.2 Å². The molecule has 1 aromatic carbocycles. The topological polar surface area (TPSA) is 58.6 Å². The van der Waals surface area contributed by atoms with Crippen molar-refractivity contribution in [2.45, 2.75) is 89.2 Å². The lowest BCUT2D eigenvalue weighted by molar-refractivity contribution is -0.123. The number of amides is 1. The number of hydrogen-bond donors (Lipinski definition) is 1. The average Bonchev–Trinajstić information content (AvgIpc) is 2.88. The Labute approximate surface area is 210 Å². The number of nitrogens with zero attached hydrogens (tertiary/aromatic N) is 1. The van der Waals surface area contributed by atoms with Crippen LogP contribution in [0.1, 0.15) is 87.4 Å². The largest absolute Gasteiger partial charge is 0.381 e. The fourth-order valence-corrected chi connectivity index (χ4v) is 6.42. The van der Waals surface area contributed by atoms with Gasteiger partial charge in [0.1, 0.15) is 5.82 Å². The van der Waals surface area contributed by atoms with Gasteiger partial charge in [0.05, 0.1) is 6.10 Å². The highest BCUT2D eigenvalue weighted by Gasteiger charge is 2.28. The van der Waals surface area contributed by atoms with Gasteiger partial charge in [-0.25, -0.2) is 4.39 Å². The Morgan fingerprint density at radius 2 is 1.69 bits per heavy atom. The molecular formula is C29H43FN2O3. The van der Waals surface area contributed by atoms with Crippen LogP contribution in [0.4, 0.5) is 4.39 Å². The second-order valence-corrected chi connectivity index (χ2v) is 11.2. The number of hydrogen-bond acceptors (Lipinski definition) is 4. The molecule has 2 atom stereocenters. The average molecular weight is 487 g/mol. The lowest BCUT2D eigenvalue weighted by atomic mass is 9.83. The van der Waals surface area contributed by atoms with E-state index in [9.17, 15) is 14.0 Å². The van der Waals surface area contributed by atoms with Crippen molar-refractivity contribution in [2.24, 2.45) is 17.8 Å². The van der Waals surface area contributed by atoms with Crippen molar-refractivity contribution in [3.63, 3.8) is 0 Å². The Hall–Kier alpha value is -1.79. The van der Waals surface area contributed by atoms with E-state index in [0.29, 0.717) is 30.0 Å². The molecule has 1 saturated heterocycles. The summed E-state index contributed by atoms with van der Waals surface area (Å²) >= 11 is 0. The van der Waals surface area contributed by atoms with E-state index in [4.69, 9.17) is 4.74 Å². The molecule has 3 aliphatic rings. The highest BCUT2D eigenvalue weighted by atomic mass is 19.1. The Balaban J connectivity index is 1.09. The van der Waals surface area contributed by atoms with Gasteiger partial charge >= 0.3 is 0 Å². The van der Waals surface area contributed by atoms with Crippen LogP contribution >= 0.6 is 0 Å². The van der Waals surface area contributed by atoms with Crippen LogP contribution in [0.2, 0.25) is 0 Å². The maximum absolute atomic E-state index is 13.1. The first-order chi connectivity index (χ1) is 17.0. The van der Waals surface area contributed by atoms with Crippen molar-refractivity contribution in [1.82, 2.24) is 10.2 Å². The number of ketones is 1. The van der Waals surface area contributed by atoms with Gasteiger partial charge in [0.15, 0.2) is 5.78 Å². The zero-order valence-corrected chi connectivity index (χ0v) is 21.4. The van der Waals surface area contributed by atoms with Crippen molar-refractivity contribution in [1.29, 1.82) is 0 Å². The Bertz CT molecular complexity index is 814. The molecule has 35 heavy (non-hydrogen) atoms. The second kappa shape index (κ2) is 13.0. The molecule has 4 rings (SSSR count). The highest BCUT2D eigenvalue weighted by Crippen LogP contribution is 2.30.